The molecule has 2 aliphatic rings. The van der Waals surface area contributed by atoms with Crippen LogP contribution in [0.5, 0.6) is 5.75 Å². The summed E-state index contributed by atoms with van der Waals surface area (Å²) >= 11 is 0. The van der Waals surface area contributed by atoms with E-state index in [2.05, 4.69) is 29.8 Å². The third-order valence-corrected chi connectivity index (χ3v) is 5.87. The van der Waals surface area contributed by atoms with Gasteiger partial charge in [0.15, 0.2) is 5.82 Å². The fraction of sp³-hybridized carbons (Fsp3) is 0.435. The SMILES string of the molecule is FC(F)(F)c1nccc(N=C2CCC(Oc3cc(N4CCOCC4)cc4nccnc34)CC2)n1. The molecule has 2 fully saturated rings. The minimum absolute atomic E-state index is 0.0242. The first kappa shape index (κ1) is 22.5. The predicted molar refractivity (Wildman–Crippen MR) is 120 cm³/mol. The summed E-state index contributed by atoms with van der Waals surface area (Å²) in [5.41, 5.74) is 3.30. The monoisotopic (exact) mass is 472 g/mol. The number of nitrogens with zero attached hydrogens (tertiary/aromatic N) is 6. The minimum Gasteiger partial charge on any atom is -0.488 e. The van der Waals surface area contributed by atoms with Gasteiger partial charge < -0.3 is 14.4 Å². The van der Waals surface area contributed by atoms with Crippen LogP contribution < -0.4 is 9.64 Å². The van der Waals surface area contributed by atoms with E-state index in [9.17, 15) is 13.2 Å². The predicted octanol–water partition coefficient (Wildman–Crippen LogP) is 4.37. The number of halogens is 3. The van der Waals surface area contributed by atoms with E-state index in [1.165, 1.54) is 6.07 Å². The van der Waals surface area contributed by atoms with E-state index in [4.69, 9.17) is 9.47 Å². The van der Waals surface area contributed by atoms with Crippen molar-refractivity contribution in [1.29, 1.82) is 0 Å². The van der Waals surface area contributed by atoms with Gasteiger partial charge in [-0.2, -0.15) is 13.2 Å². The molecule has 1 aromatic carbocycles. The number of hydrogen-bond acceptors (Lipinski definition) is 8. The quantitative estimate of drug-likeness (QED) is 0.557. The van der Waals surface area contributed by atoms with Gasteiger partial charge in [-0.05, 0) is 31.7 Å². The highest BCUT2D eigenvalue weighted by Gasteiger charge is 2.34. The molecule has 0 unspecified atom stereocenters. The van der Waals surface area contributed by atoms with Crippen LogP contribution in [-0.2, 0) is 10.9 Å². The zero-order chi connectivity index (χ0) is 23.5. The Kier molecular flexibility index (Phi) is 6.27. The van der Waals surface area contributed by atoms with E-state index in [-0.39, 0.29) is 11.9 Å². The van der Waals surface area contributed by atoms with Crippen LogP contribution in [0.2, 0.25) is 0 Å². The Morgan fingerprint density at radius 1 is 1.00 bits per heavy atom. The summed E-state index contributed by atoms with van der Waals surface area (Å²) in [4.78, 5) is 22.3. The van der Waals surface area contributed by atoms with Crippen molar-refractivity contribution in [2.45, 2.75) is 38.0 Å². The number of aliphatic imine (C=N–C) groups is 1. The molecule has 34 heavy (non-hydrogen) atoms. The van der Waals surface area contributed by atoms with Crippen LogP contribution in [0.15, 0.2) is 41.8 Å². The van der Waals surface area contributed by atoms with Gasteiger partial charge in [0.2, 0.25) is 5.82 Å². The van der Waals surface area contributed by atoms with E-state index in [0.29, 0.717) is 50.2 Å². The summed E-state index contributed by atoms with van der Waals surface area (Å²) in [6, 6.07) is 5.40. The highest BCUT2D eigenvalue weighted by molar-refractivity contribution is 5.87. The Bertz CT molecular complexity index is 1190. The molecule has 5 rings (SSSR count). The second-order valence-electron chi connectivity index (χ2n) is 8.20. The van der Waals surface area contributed by atoms with E-state index >= 15 is 0 Å². The molecule has 11 heteroatoms. The summed E-state index contributed by atoms with van der Waals surface area (Å²) in [5, 5.41) is 0. The lowest BCUT2D eigenvalue weighted by molar-refractivity contribution is -0.144. The topological polar surface area (TPSA) is 85.6 Å². The molecule has 1 aliphatic heterocycles. The fourth-order valence-corrected chi connectivity index (χ4v) is 4.17. The lowest BCUT2D eigenvalue weighted by Crippen LogP contribution is -2.36. The molecule has 0 N–H and O–H groups in total. The molecule has 178 valence electrons. The summed E-state index contributed by atoms with van der Waals surface area (Å²) in [6.07, 6.45) is 2.35. The number of benzene rings is 1. The molecule has 3 aromatic rings. The average molecular weight is 472 g/mol. The molecule has 0 amide bonds. The number of morpholine rings is 1. The molecular weight excluding hydrogens is 449 g/mol. The number of hydrogen-bond donors (Lipinski definition) is 0. The van der Waals surface area contributed by atoms with Crippen molar-refractivity contribution in [2.24, 2.45) is 4.99 Å². The lowest BCUT2D eigenvalue weighted by atomic mass is 9.95. The van der Waals surface area contributed by atoms with E-state index in [0.717, 1.165) is 36.2 Å². The van der Waals surface area contributed by atoms with Gasteiger partial charge in [0, 0.05) is 55.2 Å². The molecule has 0 radical (unpaired) electrons. The van der Waals surface area contributed by atoms with Gasteiger partial charge in [-0.25, -0.2) is 19.9 Å². The average Bonchev–Trinajstić information content (AvgIpc) is 2.85. The molecule has 2 aromatic heterocycles. The summed E-state index contributed by atoms with van der Waals surface area (Å²) in [5.74, 6) is -0.473. The maximum atomic E-state index is 12.9. The van der Waals surface area contributed by atoms with Crippen molar-refractivity contribution in [2.75, 3.05) is 31.2 Å². The van der Waals surface area contributed by atoms with E-state index in [1.54, 1.807) is 12.4 Å². The minimum atomic E-state index is -4.59. The van der Waals surface area contributed by atoms with Gasteiger partial charge in [0.05, 0.1) is 24.8 Å². The number of alkyl halides is 3. The normalized spacial score (nSPS) is 19.3. The zero-order valence-electron chi connectivity index (χ0n) is 18.3. The van der Waals surface area contributed by atoms with Gasteiger partial charge in [-0.1, -0.05) is 0 Å². The van der Waals surface area contributed by atoms with Crippen molar-refractivity contribution < 1.29 is 22.6 Å². The Morgan fingerprint density at radius 2 is 1.76 bits per heavy atom. The Balaban J connectivity index is 1.30. The molecule has 0 atom stereocenters. The van der Waals surface area contributed by atoms with Crippen LogP contribution in [0.1, 0.15) is 31.5 Å². The summed E-state index contributed by atoms with van der Waals surface area (Å²) in [7, 11) is 0. The number of aromatic nitrogens is 4. The van der Waals surface area contributed by atoms with Crippen LogP contribution in [0.4, 0.5) is 24.7 Å². The van der Waals surface area contributed by atoms with Crippen molar-refractivity contribution in [3.63, 3.8) is 0 Å². The zero-order valence-corrected chi connectivity index (χ0v) is 18.3. The van der Waals surface area contributed by atoms with Crippen LogP contribution in [0.3, 0.4) is 0 Å². The molecule has 0 spiro atoms. The van der Waals surface area contributed by atoms with Gasteiger partial charge in [-0.15, -0.1) is 0 Å². The van der Waals surface area contributed by atoms with Gasteiger partial charge >= 0.3 is 6.18 Å². The maximum Gasteiger partial charge on any atom is 0.451 e. The first-order chi connectivity index (χ1) is 16.5. The first-order valence-electron chi connectivity index (χ1n) is 11.2. The van der Waals surface area contributed by atoms with E-state index < -0.39 is 12.0 Å². The molecule has 8 nitrogen and oxygen atoms in total. The fourth-order valence-electron chi connectivity index (χ4n) is 4.17. The van der Waals surface area contributed by atoms with Crippen molar-refractivity contribution in [1.82, 2.24) is 19.9 Å². The summed E-state index contributed by atoms with van der Waals surface area (Å²) in [6.45, 7) is 2.95. The van der Waals surface area contributed by atoms with Crippen molar-refractivity contribution in [3.8, 4) is 5.75 Å². The lowest BCUT2D eigenvalue weighted by Gasteiger charge is -2.30. The van der Waals surface area contributed by atoms with Crippen molar-refractivity contribution >= 4 is 28.3 Å². The Morgan fingerprint density at radius 3 is 2.53 bits per heavy atom. The second-order valence-corrected chi connectivity index (χ2v) is 8.20. The molecular formula is C23H23F3N6O2. The molecule has 1 saturated heterocycles. The van der Waals surface area contributed by atoms with Crippen LogP contribution in [0, 0.1) is 0 Å². The first-order valence-corrected chi connectivity index (χ1v) is 11.2. The third kappa shape index (κ3) is 5.09. The number of rotatable bonds is 4. The highest BCUT2D eigenvalue weighted by atomic mass is 19.4. The van der Waals surface area contributed by atoms with Gasteiger partial charge in [0.1, 0.15) is 11.3 Å². The Hall–Kier alpha value is -3.34. The summed E-state index contributed by atoms with van der Waals surface area (Å²) < 4.78 is 50.4. The number of fused-ring (bicyclic) bond motifs is 1. The second kappa shape index (κ2) is 9.49. The van der Waals surface area contributed by atoms with E-state index in [1.807, 2.05) is 12.1 Å². The smallest absolute Gasteiger partial charge is 0.451 e. The standard InChI is InChI=1S/C23H23F3N6O2/c24-23(25,26)22-29-6-5-20(31-22)30-15-1-3-17(4-2-15)34-19-14-16(32-9-11-33-12-10-32)13-18-21(19)28-8-7-27-18/h5-8,13-14,17H,1-4,9-12H2. The van der Waals surface area contributed by atoms with Crippen LogP contribution in [0.25, 0.3) is 11.0 Å². The molecule has 3 heterocycles. The van der Waals surface area contributed by atoms with Crippen LogP contribution in [-0.4, -0.2) is 58.1 Å². The molecule has 0 bridgehead atoms. The van der Waals surface area contributed by atoms with Gasteiger partial charge in [0.25, 0.3) is 0 Å². The highest BCUT2D eigenvalue weighted by Crippen LogP contribution is 2.33. The maximum absolute atomic E-state index is 12.9. The van der Waals surface area contributed by atoms with Gasteiger partial charge in [-0.3, -0.25) is 4.98 Å². The molecule has 1 aliphatic carbocycles. The number of ether oxygens (including phenoxy) is 2. The van der Waals surface area contributed by atoms with Crippen molar-refractivity contribution in [3.05, 3.63) is 42.6 Å². The Labute approximate surface area is 193 Å². The van der Waals surface area contributed by atoms with Crippen LogP contribution >= 0.6 is 0 Å². The number of anilines is 1. The third-order valence-electron chi connectivity index (χ3n) is 5.87. The molecule has 1 saturated carbocycles. The largest absolute Gasteiger partial charge is 0.488 e.